The molecule has 2 aromatic rings. The van der Waals surface area contributed by atoms with Crippen molar-refractivity contribution >= 4 is 5.91 Å². The molecule has 1 N–H and O–H groups in total. The molecule has 162 valence electrons. The fraction of sp³-hybridized carbons (Fsp3) is 0.409. The number of amides is 1. The molecule has 0 aromatic heterocycles. The van der Waals surface area contributed by atoms with Gasteiger partial charge in [0.2, 0.25) is 5.91 Å². The van der Waals surface area contributed by atoms with E-state index < -0.39 is 11.7 Å². The Morgan fingerprint density at radius 2 is 1.83 bits per heavy atom. The maximum atomic E-state index is 13.0. The van der Waals surface area contributed by atoms with E-state index in [2.05, 4.69) is 0 Å². The number of rotatable bonds is 8. The fourth-order valence-corrected chi connectivity index (χ4v) is 3.57. The van der Waals surface area contributed by atoms with Gasteiger partial charge in [-0.3, -0.25) is 4.79 Å². The Morgan fingerprint density at radius 1 is 1.13 bits per heavy atom. The predicted molar refractivity (Wildman–Crippen MR) is 104 cm³/mol. The van der Waals surface area contributed by atoms with Crippen LogP contribution in [0.25, 0.3) is 0 Å². The molecule has 1 fully saturated rings. The second-order valence-corrected chi connectivity index (χ2v) is 7.23. The van der Waals surface area contributed by atoms with E-state index >= 15 is 0 Å². The van der Waals surface area contributed by atoms with Crippen LogP contribution in [0.4, 0.5) is 13.2 Å². The molecular weight excluding hydrogens is 399 g/mol. The maximum absolute atomic E-state index is 13.0. The van der Waals surface area contributed by atoms with E-state index in [0.717, 1.165) is 17.7 Å². The highest BCUT2D eigenvalue weighted by molar-refractivity contribution is 5.83. The number of nitrogens with zero attached hydrogens (tertiary/aromatic N) is 1. The van der Waals surface area contributed by atoms with Crippen molar-refractivity contribution in [2.24, 2.45) is 5.92 Å². The van der Waals surface area contributed by atoms with Gasteiger partial charge < -0.3 is 19.5 Å². The standard InChI is InChI=1S/C22H24F3NO4/c1-29-17-8-5-15(20(11-17)30-2)13-26(9-10-27)21(28)19-12-18(19)14-3-6-16(7-4-14)22(23,24)25/h3-8,11,18-19,27H,9-10,12-13H2,1-2H3. The zero-order chi connectivity index (χ0) is 21.9. The first-order chi connectivity index (χ1) is 14.3. The number of aliphatic hydroxyl groups is 1. The van der Waals surface area contributed by atoms with Gasteiger partial charge in [0, 0.05) is 30.6 Å². The Hall–Kier alpha value is -2.74. The van der Waals surface area contributed by atoms with Crippen LogP contribution in [0.2, 0.25) is 0 Å². The average molecular weight is 423 g/mol. The van der Waals surface area contributed by atoms with Crippen LogP contribution in [0.5, 0.6) is 11.5 Å². The van der Waals surface area contributed by atoms with Gasteiger partial charge in [0.1, 0.15) is 11.5 Å². The number of halogens is 3. The number of ether oxygens (including phenoxy) is 2. The number of hydrogen-bond acceptors (Lipinski definition) is 4. The van der Waals surface area contributed by atoms with Crippen molar-refractivity contribution in [1.29, 1.82) is 0 Å². The zero-order valence-corrected chi connectivity index (χ0v) is 16.8. The summed E-state index contributed by atoms with van der Waals surface area (Å²) in [6, 6.07) is 10.2. The molecule has 2 unspecified atom stereocenters. The third-order valence-corrected chi connectivity index (χ3v) is 5.31. The summed E-state index contributed by atoms with van der Waals surface area (Å²) in [7, 11) is 3.07. The van der Waals surface area contributed by atoms with E-state index in [1.807, 2.05) is 0 Å². The van der Waals surface area contributed by atoms with E-state index in [1.165, 1.54) is 19.2 Å². The molecule has 2 atom stereocenters. The van der Waals surface area contributed by atoms with E-state index in [0.29, 0.717) is 23.5 Å². The SMILES string of the molecule is COc1ccc(CN(CCO)C(=O)C2CC2c2ccc(C(F)(F)F)cc2)c(OC)c1. The Bertz CT molecular complexity index is 883. The Balaban J connectivity index is 1.71. The van der Waals surface area contributed by atoms with E-state index in [4.69, 9.17) is 9.47 Å². The van der Waals surface area contributed by atoms with Crippen LogP contribution < -0.4 is 9.47 Å². The Kier molecular flexibility index (Phi) is 6.55. The first kappa shape index (κ1) is 22.0. The smallest absolute Gasteiger partial charge is 0.416 e. The summed E-state index contributed by atoms with van der Waals surface area (Å²) in [5, 5.41) is 9.41. The first-order valence-electron chi connectivity index (χ1n) is 9.56. The number of benzene rings is 2. The van der Waals surface area contributed by atoms with Crippen LogP contribution >= 0.6 is 0 Å². The molecule has 0 spiro atoms. The summed E-state index contributed by atoms with van der Waals surface area (Å²) in [5.41, 5.74) is 0.780. The van der Waals surface area contributed by atoms with Crippen LogP contribution in [0.3, 0.4) is 0 Å². The summed E-state index contributed by atoms with van der Waals surface area (Å²) in [6.07, 6.45) is -3.81. The molecule has 1 saturated carbocycles. The molecule has 0 aliphatic heterocycles. The minimum atomic E-state index is -4.38. The monoisotopic (exact) mass is 423 g/mol. The summed E-state index contributed by atoms with van der Waals surface area (Å²) >= 11 is 0. The second-order valence-electron chi connectivity index (χ2n) is 7.23. The van der Waals surface area contributed by atoms with Gasteiger partial charge in [0.15, 0.2) is 0 Å². The summed E-state index contributed by atoms with van der Waals surface area (Å²) < 4.78 is 48.8. The van der Waals surface area contributed by atoms with Crippen LogP contribution in [0.1, 0.15) is 29.0 Å². The van der Waals surface area contributed by atoms with E-state index in [-0.39, 0.29) is 37.4 Å². The Labute approximate surface area is 173 Å². The molecule has 0 heterocycles. The second kappa shape index (κ2) is 8.95. The van der Waals surface area contributed by atoms with Crippen LogP contribution in [-0.2, 0) is 17.5 Å². The highest BCUT2D eigenvalue weighted by atomic mass is 19.4. The van der Waals surface area contributed by atoms with E-state index in [1.54, 1.807) is 30.2 Å². The lowest BCUT2D eigenvalue weighted by Gasteiger charge is -2.23. The lowest BCUT2D eigenvalue weighted by Crippen LogP contribution is -2.34. The quantitative estimate of drug-likeness (QED) is 0.701. The molecule has 3 rings (SSSR count). The summed E-state index contributed by atoms with van der Waals surface area (Å²) in [6.45, 7) is 0.217. The third kappa shape index (κ3) is 4.87. The molecule has 0 radical (unpaired) electrons. The van der Waals surface area contributed by atoms with Crippen molar-refractivity contribution in [1.82, 2.24) is 4.90 Å². The number of alkyl halides is 3. The van der Waals surface area contributed by atoms with Gasteiger partial charge in [-0.15, -0.1) is 0 Å². The van der Waals surface area contributed by atoms with Crippen LogP contribution in [-0.4, -0.2) is 43.3 Å². The molecule has 2 aromatic carbocycles. The largest absolute Gasteiger partial charge is 0.497 e. The van der Waals surface area contributed by atoms with Crippen molar-refractivity contribution in [3.63, 3.8) is 0 Å². The molecule has 30 heavy (non-hydrogen) atoms. The lowest BCUT2D eigenvalue weighted by atomic mass is 10.1. The van der Waals surface area contributed by atoms with Crippen molar-refractivity contribution in [2.45, 2.75) is 25.1 Å². The Morgan fingerprint density at radius 3 is 2.40 bits per heavy atom. The molecule has 5 nitrogen and oxygen atoms in total. The normalized spacial score (nSPS) is 18.1. The lowest BCUT2D eigenvalue weighted by molar-refractivity contribution is -0.137. The summed E-state index contributed by atoms with van der Waals surface area (Å²) in [4.78, 5) is 14.6. The molecule has 1 amide bonds. The highest BCUT2D eigenvalue weighted by Crippen LogP contribution is 2.49. The average Bonchev–Trinajstić information content (AvgIpc) is 3.53. The fourth-order valence-electron chi connectivity index (χ4n) is 3.57. The van der Waals surface area contributed by atoms with Crippen LogP contribution in [0.15, 0.2) is 42.5 Å². The number of carbonyl (C=O) groups excluding carboxylic acids is 1. The number of aliphatic hydroxyl groups excluding tert-OH is 1. The molecule has 0 saturated heterocycles. The van der Waals surface area contributed by atoms with Gasteiger partial charge in [-0.25, -0.2) is 0 Å². The van der Waals surface area contributed by atoms with Gasteiger partial charge in [-0.2, -0.15) is 13.2 Å². The van der Waals surface area contributed by atoms with Gasteiger partial charge in [-0.05, 0) is 42.2 Å². The molecule has 8 heteroatoms. The van der Waals surface area contributed by atoms with Crippen molar-refractivity contribution in [3.05, 3.63) is 59.2 Å². The van der Waals surface area contributed by atoms with Gasteiger partial charge in [0.25, 0.3) is 0 Å². The van der Waals surface area contributed by atoms with Gasteiger partial charge in [-0.1, -0.05) is 12.1 Å². The highest BCUT2D eigenvalue weighted by Gasteiger charge is 2.46. The topological polar surface area (TPSA) is 59.0 Å². The zero-order valence-electron chi connectivity index (χ0n) is 16.8. The molecular formula is C22H24F3NO4. The first-order valence-corrected chi connectivity index (χ1v) is 9.56. The maximum Gasteiger partial charge on any atom is 0.416 e. The molecule has 1 aliphatic carbocycles. The van der Waals surface area contributed by atoms with Crippen LogP contribution in [0, 0.1) is 5.92 Å². The van der Waals surface area contributed by atoms with Crippen molar-refractivity contribution in [3.8, 4) is 11.5 Å². The molecule has 0 bridgehead atoms. The third-order valence-electron chi connectivity index (χ3n) is 5.31. The van der Waals surface area contributed by atoms with Gasteiger partial charge >= 0.3 is 6.18 Å². The van der Waals surface area contributed by atoms with Gasteiger partial charge in [0.05, 0.1) is 26.4 Å². The molecule has 1 aliphatic rings. The predicted octanol–water partition coefficient (Wildman–Crippen LogP) is 3.85. The summed E-state index contributed by atoms with van der Waals surface area (Å²) in [5.74, 6) is 0.642. The number of hydrogen-bond donors (Lipinski definition) is 1. The minimum Gasteiger partial charge on any atom is -0.497 e. The number of methoxy groups -OCH3 is 2. The minimum absolute atomic E-state index is 0.112. The van der Waals surface area contributed by atoms with Crippen molar-refractivity contribution < 1.29 is 32.5 Å². The van der Waals surface area contributed by atoms with E-state index in [9.17, 15) is 23.1 Å². The van der Waals surface area contributed by atoms with Crippen molar-refractivity contribution in [2.75, 3.05) is 27.4 Å². The number of carbonyl (C=O) groups is 1.